The van der Waals surface area contributed by atoms with Crippen LogP contribution in [0.5, 0.6) is 0 Å². The van der Waals surface area contributed by atoms with Crippen molar-refractivity contribution in [2.24, 2.45) is 0 Å². The molecule has 0 aromatic heterocycles. The van der Waals surface area contributed by atoms with Crippen LogP contribution in [-0.2, 0) is 10.2 Å². The fourth-order valence-corrected chi connectivity index (χ4v) is 1.82. The normalized spacial score (nSPS) is 26.0. The van der Waals surface area contributed by atoms with E-state index in [0.29, 0.717) is 13.2 Å². The number of nitrogens with zero attached hydrogens (tertiary/aromatic N) is 1. The Labute approximate surface area is 84.1 Å². The molecule has 1 aromatic carbocycles. The summed E-state index contributed by atoms with van der Waals surface area (Å²) in [6, 6.07) is 10.6. The molecule has 1 aliphatic rings. The van der Waals surface area contributed by atoms with Crippen molar-refractivity contribution in [2.75, 3.05) is 13.2 Å². The molecule has 0 amide bonds. The van der Waals surface area contributed by atoms with Crippen LogP contribution in [0.4, 0.5) is 0 Å². The third-order valence-corrected chi connectivity index (χ3v) is 2.84. The van der Waals surface area contributed by atoms with Crippen molar-refractivity contribution in [3.63, 3.8) is 0 Å². The molecule has 0 spiro atoms. The summed E-state index contributed by atoms with van der Waals surface area (Å²) < 4.78 is 5.31. The summed E-state index contributed by atoms with van der Waals surface area (Å²) in [5.74, 6) is 0. The van der Waals surface area contributed by atoms with Crippen molar-refractivity contribution in [2.45, 2.75) is 18.8 Å². The molecule has 0 N–H and O–H groups in total. The van der Waals surface area contributed by atoms with Crippen molar-refractivity contribution in [3.8, 4) is 6.07 Å². The van der Waals surface area contributed by atoms with E-state index in [1.165, 1.54) is 5.56 Å². The minimum Gasteiger partial charge on any atom is -0.379 e. The first-order chi connectivity index (χ1) is 6.77. The Bertz CT molecular complexity index is 355. The van der Waals surface area contributed by atoms with Crippen LogP contribution in [0.1, 0.15) is 17.5 Å². The monoisotopic (exact) mass is 187 g/mol. The van der Waals surface area contributed by atoms with Gasteiger partial charge in [-0.15, -0.1) is 0 Å². The van der Waals surface area contributed by atoms with Crippen LogP contribution in [-0.4, -0.2) is 13.2 Å². The van der Waals surface area contributed by atoms with E-state index < -0.39 is 5.41 Å². The lowest BCUT2D eigenvalue weighted by Crippen LogP contribution is -2.23. The highest BCUT2D eigenvalue weighted by molar-refractivity contribution is 5.35. The summed E-state index contributed by atoms with van der Waals surface area (Å²) in [7, 11) is 0. The molecule has 0 aliphatic carbocycles. The summed E-state index contributed by atoms with van der Waals surface area (Å²) in [5.41, 5.74) is 1.91. The van der Waals surface area contributed by atoms with E-state index in [-0.39, 0.29) is 0 Å². The second-order valence-electron chi connectivity index (χ2n) is 3.86. The first kappa shape index (κ1) is 9.23. The largest absolute Gasteiger partial charge is 0.379 e. The van der Waals surface area contributed by atoms with Crippen LogP contribution in [0, 0.1) is 18.3 Å². The molecule has 1 fully saturated rings. The van der Waals surface area contributed by atoms with Gasteiger partial charge in [-0.1, -0.05) is 29.8 Å². The van der Waals surface area contributed by atoms with E-state index in [1.54, 1.807) is 0 Å². The average Bonchev–Trinajstić information content (AvgIpc) is 2.68. The smallest absolute Gasteiger partial charge is 0.108 e. The van der Waals surface area contributed by atoms with E-state index in [2.05, 4.69) is 6.07 Å². The summed E-state index contributed by atoms with van der Waals surface area (Å²) >= 11 is 0. The van der Waals surface area contributed by atoms with Crippen LogP contribution in [0.15, 0.2) is 24.3 Å². The van der Waals surface area contributed by atoms with Gasteiger partial charge in [-0.2, -0.15) is 5.26 Å². The van der Waals surface area contributed by atoms with Gasteiger partial charge in [-0.05, 0) is 18.9 Å². The number of nitriles is 1. The number of rotatable bonds is 1. The highest BCUT2D eigenvalue weighted by Gasteiger charge is 2.36. The maximum absolute atomic E-state index is 9.21. The van der Waals surface area contributed by atoms with Gasteiger partial charge in [0.15, 0.2) is 0 Å². The van der Waals surface area contributed by atoms with E-state index in [4.69, 9.17) is 4.74 Å². The fourth-order valence-electron chi connectivity index (χ4n) is 1.82. The topological polar surface area (TPSA) is 33.0 Å². The molecule has 1 atom stereocenters. The zero-order valence-corrected chi connectivity index (χ0v) is 8.29. The van der Waals surface area contributed by atoms with E-state index in [0.717, 1.165) is 12.0 Å². The Balaban J connectivity index is 2.37. The van der Waals surface area contributed by atoms with Crippen LogP contribution in [0.25, 0.3) is 0 Å². The van der Waals surface area contributed by atoms with Crippen molar-refractivity contribution >= 4 is 0 Å². The van der Waals surface area contributed by atoms with Gasteiger partial charge < -0.3 is 4.74 Å². The molecule has 2 heteroatoms. The lowest BCUT2D eigenvalue weighted by molar-refractivity contribution is 0.186. The Hall–Kier alpha value is -1.33. The van der Waals surface area contributed by atoms with E-state index in [1.807, 2.05) is 31.2 Å². The first-order valence-corrected chi connectivity index (χ1v) is 4.83. The van der Waals surface area contributed by atoms with Crippen molar-refractivity contribution in [3.05, 3.63) is 35.4 Å². The van der Waals surface area contributed by atoms with Crippen LogP contribution in [0.3, 0.4) is 0 Å². The van der Waals surface area contributed by atoms with Crippen LogP contribution >= 0.6 is 0 Å². The number of ether oxygens (including phenoxy) is 1. The first-order valence-electron chi connectivity index (χ1n) is 4.83. The summed E-state index contributed by atoms with van der Waals surface area (Å²) in [6.07, 6.45) is 0.812. The quantitative estimate of drug-likeness (QED) is 0.675. The second-order valence-corrected chi connectivity index (χ2v) is 3.86. The van der Waals surface area contributed by atoms with E-state index in [9.17, 15) is 5.26 Å². The zero-order valence-electron chi connectivity index (χ0n) is 8.29. The van der Waals surface area contributed by atoms with Gasteiger partial charge in [0.05, 0.1) is 12.7 Å². The highest BCUT2D eigenvalue weighted by Crippen LogP contribution is 2.32. The lowest BCUT2D eigenvalue weighted by Gasteiger charge is -2.18. The third kappa shape index (κ3) is 1.40. The standard InChI is InChI=1S/C12H13NO/c1-10-2-4-11(5-3-10)12(8-13)6-7-14-9-12/h2-5H,6-7,9H2,1H3/t12-/m1/s1. The number of hydrogen-bond donors (Lipinski definition) is 0. The molecular formula is C12H13NO. The molecule has 1 aliphatic heterocycles. The number of benzene rings is 1. The Morgan fingerprint density at radius 1 is 1.36 bits per heavy atom. The molecule has 0 saturated carbocycles. The van der Waals surface area contributed by atoms with Gasteiger partial charge >= 0.3 is 0 Å². The predicted octanol–water partition coefficient (Wildman–Crippen LogP) is 2.18. The molecule has 1 heterocycles. The molecule has 1 aromatic rings. The Morgan fingerprint density at radius 3 is 2.57 bits per heavy atom. The number of hydrogen-bond acceptors (Lipinski definition) is 2. The highest BCUT2D eigenvalue weighted by atomic mass is 16.5. The molecule has 14 heavy (non-hydrogen) atoms. The molecule has 0 unspecified atom stereocenters. The maximum Gasteiger partial charge on any atom is 0.108 e. The van der Waals surface area contributed by atoms with Crippen molar-refractivity contribution < 1.29 is 4.74 Å². The van der Waals surface area contributed by atoms with Gasteiger partial charge in [0.25, 0.3) is 0 Å². The third-order valence-electron chi connectivity index (χ3n) is 2.84. The van der Waals surface area contributed by atoms with Gasteiger partial charge in [0, 0.05) is 6.61 Å². The maximum atomic E-state index is 9.21. The molecule has 72 valence electrons. The Morgan fingerprint density at radius 2 is 2.07 bits per heavy atom. The molecular weight excluding hydrogens is 174 g/mol. The minimum absolute atomic E-state index is 0.395. The molecule has 2 nitrogen and oxygen atoms in total. The minimum atomic E-state index is -0.395. The molecule has 2 rings (SSSR count). The second kappa shape index (κ2) is 3.43. The lowest BCUT2D eigenvalue weighted by atomic mass is 9.81. The van der Waals surface area contributed by atoms with Gasteiger partial charge in [-0.3, -0.25) is 0 Å². The summed E-state index contributed by atoms with van der Waals surface area (Å²) in [6.45, 7) is 3.28. The predicted molar refractivity (Wildman–Crippen MR) is 53.9 cm³/mol. The SMILES string of the molecule is Cc1ccc([C@@]2(C#N)CCOC2)cc1. The zero-order chi connectivity index (χ0) is 10.0. The fraction of sp³-hybridized carbons (Fsp3) is 0.417. The Kier molecular flexibility index (Phi) is 2.26. The number of aryl methyl sites for hydroxylation is 1. The summed E-state index contributed by atoms with van der Waals surface area (Å²) in [4.78, 5) is 0. The molecule has 0 bridgehead atoms. The average molecular weight is 187 g/mol. The van der Waals surface area contributed by atoms with Gasteiger partial charge in [0.1, 0.15) is 5.41 Å². The molecule has 1 saturated heterocycles. The van der Waals surface area contributed by atoms with Gasteiger partial charge in [0.2, 0.25) is 0 Å². The van der Waals surface area contributed by atoms with Crippen molar-refractivity contribution in [1.29, 1.82) is 5.26 Å². The van der Waals surface area contributed by atoms with Crippen molar-refractivity contribution in [1.82, 2.24) is 0 Å². The molecule has 0 radical (unpaired) electrons. The van der Waals surface area contributed by atoms with Gasteiger partial charge in [-0.25, -0.2) is 0 Å². The van der Waals surface area contributed by atoms with E-state index >= 15 is 0 Å². The summed E-state index contributed by atoms with van der Waals surface area (Å²) in [5, 5.41) is 9.21. The van der Waals surface area contributed by atoms with Crippen LogP contribution < -0.4 is 0 Å². The van der Waals surface area contributed by atoms with Crippen LogP contribution in [0.2, 0.25) is 0 Å².